The van der Waals surface area contributed by atoms with Crippen LogP contribution in [-0.2, 0) is 31.7 Å². The molecule has 3 amide bonds. The van der Waals surface area contributed by atoms with Gasteiger partial charge in [0.15, 0.2) is 6.61 Å². The molecule has 2 aromatic carbocycles. The van der Waals surface area contributed by atoms with E-state index in [-0.39, 0.29) is 36.4 Å². The first-order valence-corrected chi connectivity index (χ1v) is 15.9. The Morgan fingerprint density at radius 1 is 0.981 bits per heavy atom. The number of esters is 1. The zero-order valence-electron chi connectivity index (χ0n) is 27.6. The number of ether oxygens (including phenoxy) is 2. The monoisotopic (exact) mass is 744 g/mol. The molecule has 1 aliphatic carbocycles. The fourth-order valence-electron chi connectivity index (χ4n) is 4.79. The van der Waals surface area contributed by atoms with Gasteiger partial charge in [-0.2, -0.15) is 28.1 Å². The summed E-state index contributed by atoms with van der Waals surface area (Å²) >= 11 is 6.02. The maximum absolute atomic E-state index is 13.0. The van der Waals surface area contributed by atoms with Crippen molar-refractivity contribution in [1.29, 1.82) is 0 Å². The number of imidazole rings is 1. The number of alkyl halides is 3. The van der Waals surface area contributed by atoms with E-state index in [4.69, 9.17) is 21.1 Å². The quantitative estimate of drug-likeness (QED) is 0.0931. The van der Waals surface area contributed by atoms with Gasteiger partial charge in [-0.15, -0.1) is 0 Å². The Morgan fingerprint density at radius 3 is 2.29 bits per heavy atom. The number of carbonyl (C=O) groups is 4. The molecule has 2 aromatic heterocycles. The summed E-state index contributed by atoms with van der Waals surface area (Å²) in [5, 5.41) is 13.8. The number of nitrogens with one attached hydrogen (secondary N) is 5. The second-order valence-corrected chi connectivity index (χ2v) is 11.9. The minimum atomic E-state index is -4.64. The molecule has 5 rings (SSSR count). The summed E-state index contributed by atoms with van der Waals surface area (Å²) in [5.74, 6) is -3.40. The average Bonchev–Trinajstić information content (AvgIpc) is 3.78. The number of nitrogens with zero attached hydrogens (tertiary/aromatic N) is 5. The number of aryl methyl sites for hydroxylation is 1. The van der Waals surface area contributed by atoms with E-state index in [1.165, 1.54) is 35.0 Å². The van der Waals surface area contributed by atoms with Gasteiger partial charge in [-0.1, -0.05) is 23.7 Å². The summed E-state index contributed by atoms with van der Waals surface area (Å²) in [6.45, 7) is -1.78. The Bertz CT molecular complexity index is 1920. The van der Waals surface area contributed by atoms with Crippen LogP contribution in [0.2, 0.25) is 5.02 Å². The SMILES string of the molecule is COC(=O)[C@H](CCNC(=O)C(=O)Nc1nccn1C)NC(=O)c1ccc(Nc2nc(NC3(c4ccc(Cl)cc4)CC3)nc(OCC(F)(F)F)n2)cc1. The Morgan fingerprint density at radius 2 is 1.67 bits per heavy atom. The number of halogens is 4. The van der Waals surface area contributed by atoms with E-state index in [1.54, 1.807) is 25.4 Å². The second kappa shape index (κ2) is 15.9. The van der Waals surface area contributed by atoms with Gasteiger partial charge in [-0.25, -0.2) is 9.78 Å². The number of carbonyl (C=O) groups excluding carboxylic acids is 4. The first kappa shape index (κ1) is 37.3. The fraction of sp³-hybridized carbons (Fsp3) is 0.312. The number of rotatable bonds is 14. The van der Waals surface area contributed by atoms with E-state index in [0.29, 0.717) is 23.6 Å². The smallest absolute Gasteiger partial charge is 0.422 e. The third kappa shape index (κ3) is 10.1. The lowest BCUT2D eigenvalue weighted by Crippen LogP contribution is -2.44. The van der Waals surface area contributed by atoms with E-state index in [1.807, 2.05) is 12.1 Å². The Kier molecular flexibility index (Phi) is 11.4. The molecule has 2 heterocycles. The summed E-state index contributed by atoms with van der Waals surface area (Å²) < 4.78 is 49.9. The summed E-state index contributed by atoms with van der Waals surface area (Å²) in [6, 6.07) is 11.2. The molecular formula is C32H32ClF3N10O6. The van der Waals surface area contributed by atoms with Gasteiger partial charge in [0.25, 0.3) is 5.91 Å². The number of benzene rings is 2. The molecule has 4 aromatic rings. The molecule has 20 heteroatoms. The van der Waals surface area contributed by atoms with Crippen LogP contribution < -0.4 is 31.3 Å². The summed E-state index contributed by atoms with van der Waals surface area (Å²) in [5.41, 5.74) is 0.817. The third-order valence-electron chi connectivity index (χ3n) is 7.64. The van der Waals surface area contributed by atoms with Crippen LogP contribution in [0.25, 0.3) is 0 Å². The third-order valence-corrected chi connectivity index (χ3v) is 7.90. The molecule has 0 radical (unpaired) electrons. The summed E-state index contributed by atoms with van der Waals surface area (Å²) in [4.78, 5) is 66.0. The molecule has 0 unspecified atom stereocenters. The van der Waals surface area contributed by atoms with E-state index in [0.717, 1.165) is 12.7 Å². The van der Waals surface area contributed by atoms with E-state index in [2.05, 4.69) is 46.5 Å². The maximum Gasteiger partial charge on any atom is 0.422 e. The minimum absolute atomic E-state index is 0.0306. The number of aromatic nitrogens is 5. The number of methoxy groups -OCH3 is 1. The van der Waals surface area contributed by atoms with Crippen LogP contribution >= 0.6 is 11.6 Å². The predicted octanol–water partition coefficient (Wildman–Crippen LogP) is 3.46. The van der Waals surface area contributed by atoms with Gasteiger partial charge in [-0.3, -0.25) is 19.7 Å². The van der Waals surface area contributed by atoms with Crippen LogP contribution in [0.4, 0.5) is 36.7 Å². The lowest BCUT2D eigenvalue weighted by atomic mass is 10.1. The molecule has 1 fully saturated rings. The lowest BCUT2D eigenvalue weighted by Gasteiger charge is -2.19. The number of amides is 3. The van der Waals surface area contributed by atoms with E-state index >= 15 is 0 Å². The van der Waals surface area contributed by atoms with E-state index < -0.39 is 54.1 Å². The van der Waals surface area contributed by atoms with Crippen molar-refractivity contribution in [1.82, 2.24) is 35.1 Å². The molecule has 0 aliphatic heterocycles. The van der Waals surface area contributed by atoms with Crippen molar-refractivity contribution in [2.75, 3.05) is 36.2 Å². The van der Waals surface area contributed by atoms with Gasteiger partial charge in [0, 0.05) is 42.3 Å². The zero-order chi connectivity index (χ0) is 37.5. The Hall–Kier alpha value is -5.98. The molecule has 5 N–H and O–H groups in total. The van der Waals surface area contributed by atoms with Crippen molar-refractivity contribution in [3.05, 3.63) is 77.1 Å². The van der Waals surface area contributed by atoms with Crippen molar-refractivity contribution in [3.8, 4) is 6.01 Å². The van der Waals surface area contributed by atoms with Gasteiger partial charge in [0.05, 0.1) is 12.6 Å². The summed E-state index contributed by atoms with van der Waals surface area (Å²) in [7, 11) is 2.76. The van der Waals surface area contributed by atoms with Gasteiger partial charge >= 0.3 is 30.0 Å². The topological polar surface area (TPSA) is 203 Å². The minimum Gasteiger partial charge on any atom is -0.467 e. The van der Waals surface area contributed by atoms with Gasteiger partial charge in [-0.05, 0) is 61.2 Å². The lowest BCUT2D eigenvalue weighted by molar-refractivity contribution is -0.154. The van der Waals surface area contributed by atoms with Crippen LogP contribution in [-0.4, -0.2) is 80.7 Å². The molecule has 1 saturated carbocycles. The molecule has 0 spiro atoms. The van der Waals surface area contributed by atoms with Gasteiger partial charge in [0.2, 0.25) is 17.8 Å². The normalized spacial score (nSPS) is 13.7. The van der Waals surface area contributed by atoms with Crippen molar-refractivity contribution in [2.45, 2.75) is 37.0 Å². The first-order valence-electron chi connectivity index (χ1n) is 15.6. The van der Waals surface area contributed by atoms with Crippen molar-refractivity contribution >= 4 is 58.8 Å². The van der Waals surface area contributed by atoms with Crippen molar-refractivity contribution < 1.29 is 41.8 Å². The molecule has 0 saturated heterocycles. The zero-order valence-corrected chi connectivity index (χ0v) is 28.3. The molecule has 1 atom stereocenters. The highest BCUT2D eigenvalue weighted by molar-refractivity contribution is 6.39. The molecular weight excluding hydrogens is 713 g/mol. The molecule has 1 aliphatic rings. The van der Waals surface area contributed by atoms with Crippen molar-refractivity contribution in [3.63, 3.8) is 0 Å². The first-order chi connectivity index (χ1) is 24.7. The molecule has 16 nitrogen and oxygen atoms in total. The molecule has 52 heavy (non-hydrogen) atoms. The van der Waals surface area contributed by atoms with Crippen LogP contribution in [0, 0.1) is 0 Å². The summed E-state index contributed by atoms with van der Waals surface area (Å²) in [6.07, 6.45) is -0.305. The van der Waals surface area contributed by atoms with Crippen LogP contribution in [0.5, 0.6) is 6.01 Å². The van der Waals surface area contributed by atoms with Crippen LogP contribution in [0.15, 0.2) is 60.9 Å². The van der Waals surface area contributed by atoms with Crippen molar-refractivity contribution in [2.24, 2.45) is 7.05 Å². The predicted molar refractivity (Wildman–Crippen MR) is 180 cm³/mol. The second-order valence-electron chi connectivity index (χ2n) is 11.5. The largest absolute Gasteiger partial charge is 0.467 e. The molecule has 274 valence electrons. The van der Waals surface area contributed by atoms with Crippen LogP contribution in [0.3, 0.4) is 0 Å². The van der Waals surface area contributed by atoms with Gasteiger partial charge in [0.1, 0.15) is 6.04 Å². The fourth-order valence-corrected chi connectivity index (χ4v) is 4.92. The number of hydrogen-bond donors (Lipinski definition) is 5. The maximum atomic E-state index is 13.0. The average molecular weight is 745 g/mol. The Balaban J connectivity index is 1.22. The molecule has 0 bridgehead atoms. The highest BCUT2D eigenvalue weighted by Crippen LogP contribution is 2.48. The van der Waals surface area contributed by atoms with E-state index in [9.17, 15) is 32.3 Å². The number of anilines is 4. The van der Waals surface area contributed by atoms with Crippen LogP contribution in [0.1, 0.15) is 35.2 Å². The Labute approximate surface area is 298 Å². The standard InChI is InChI=1S/C32H32ClF3N10O6/c1-46-16-15-38-29(46)41-25(49)24(48)37-14-11-22(26(50)51-2)40-23(47)18-3-9-21(10-4-18)39-27-42-28(44-30(43-27)52-17-32(34,35)36)45-31(12-13-31)19-5-7-20(33)8-6-19/h3-10,15-16,22H,11-14,17H2,1-2H3,(H,37,48)(H,40,47)(H,38,41,49)(H2,39,42,43,44,45)/t22-/m0/s1. The highest BCUT2D eigenvalue weighted by Gasteiger charge is 2.45. The number of hydrogen-bond acceptors (Lipinski definition) is 12. The highest BCUT2D eigenvalue weighted by atomic mass is 35.5. The van der Waals surface area contributed by atoms with Gasteiger partial charge < -0.3 is 35.3 Å².